The Hall–Kier alpha value is -1.73. The highest BCUT2D eigenvalue weighted by atomic mass is 19.1. The second-order valence-electron chi connectivity index (χ2n) is 12.1. The van der Waals surface area contributed by atoms with Crippen LogP contribution < -0.4 is 0 Å². The highest BCUT2D eigenvalue weighted by Gasteiger charge is 2.63. The summed E-state index contributed by atoms with van der Waals surface area (Å²) in [6, 6.07) is 3.43. The van der Waals surface area contributed by atoms with E-state index < -0.39 is 23.2 Å². The molecule has 0 bridgehead atoms. The molecule has 0 aliphatic heterocycles. The maximum atomic E-state index is 14.8. The fourth-order valence-corrected chi connectivity index (χ4v) is 9.32. The molecule has 2 unspecified atom stereocenters. The molecule has 0 heterocycles. The lowest BCUT2D eigenvalue weighted by molar-refractivity contribution is -0.170. The van der Waals surface area contributed by atoms with Crippen LogP contribution >= 0.6 is 0 Å². The molecule has 0 aromatic heterocycles. The Morgan fingerprint density at radius 1 is 1.06 bits per heavy atom. The molecule has 1 aromatic rings. The van der Waals surface area contributed by atoms with Crippen molar-refractivity contribution in [2.24, 2.45) is 46.3 Å². The molecule has 33 heavy (non-hydrogen) atoms. The molecule has 1 N–H and O–H groups in total. The topological polar surface area (TPSA) is 37.3 Å². The predicted octanol–water partition coefficient (Wildman–Crippen LogP) is 6.26. The highest BCUT2D eigenvalue weighted by molar-refractivity contribution is 5.79. The normalized spacial score (nSPS) is 46.6. The number of halogens is 2. The van der Waals surface area contributed by atoms with Crippen molar-refractivity contribution in [2.45, 2.75) is 77.7 Å². The summed E-state index contributed by atoms with van der Waals surface area (Å²) >= 11 is 0. The minimum absolute atomic E-state index is 0.0155. The van der Waals surface area contributed by atoms with Gasteiger partial charge in [0.15, 0.2) is 0 Å². The SMILES string of the molecule is C#CC1C[C@@]2(C)C(CC[C@H]3[C@@H]4CC[C@H](C(C)=O)[C@@]4(C)CC[C@@H]32)C[C@@]1(O)c1ccc(F)cc1F. The monoisotopic (exact) mass is 454 g/mol. The smallest absolute Gasteiger partial charge is 0.133 e. The molecule has 4 aliphatic rings. The van der Waals surface area contributed by atoms with Crippen LogP contribution in [0.3, 0.4) is 0 Å². The zero-order chi connectivity index (χ0) is 23.8. The van der Waals surface area contributed by atoms with Crippen LogP contribution in [0.15, 0.2) is 18.2 Å². The van der Waals surface area contributed by atoms with Crippen molar-refractivity contribution in [2.75, 3.05) is 0 Å². The van der Waals surface area contributed by atoms with E-state index in [1.54, 1.807) is 6.92 Å². The van der Waals surface area contributed by atoms with Gasteiger partial charge in [0.25, 0.3) is 0 Å². The van der Waals surface area contributed by atoms with E-state index in [9.17, 15) is 18.7 Å². The summed E-state index contributed by atoms with van der Waals surface area (Å²) in [6.07, 6.45) is 13.4. The van der Waals surface area contributed by atoms with Crippen molar-refractivity contribution in [3.8, 4) is 12.3 Å². The van der Waals surface area contributed by atoms with Crippen molar-refractivity contribution in [1.82, 2.24) is 0 Å². The number of carbonyl (C=O) groups is 1. The number of terminal acetylenes is 1. The molecule has 4 fully saturated rings. The van der Waals surface area contributed by atoms with E-state index in [2.05, 4.69) is 19.8 Å². The molecule has 9 atom stereocenters. The van der Waals surface area contributed by atoms with Gasteiger partial charge >= 0.3 is 0 Å². The number of rotatable bonds is 2. The van der Waals surface area contributed by atoms with Gasteiger partial charge in [0.2, 0.25) is 0 Å². The molecule has 178 valence electrons. The van der Waals surface area contributed by atoms with Crippen LogP contribution in [0.5, 0.6) is 0 Å². The molecule has 2 nitrogen and oxygen atoms in total. The van der Waals surface area contributed by atoms with E-state index >= 15 is 0 Å². The molecule has 0 amide bonds. The van der Waals surface area contributed by atoms with Gasteiger partial charge < -0.3 is 5.11 Å². The maximum absolute atomic E-state index is 14.8. The standard InChI is InChI=1S/C29H36F2O2/c1-5-18-15-28(4)19(16-29(18,33)25-9-7-20(30)14-26(25)31)6-8-21-23-11-10-22(17(2)32)27(23,3)13-12-24(21)28/h1,7,9,14,18-19,21-24,33H,6,8,10-13,15-16H2,2-4H3/t18?,19?,21-,22+,23-,24-,27+,28-,29-/m0/s1. The van der Waals surface area contributed by atoms with E-state index in [4.69, 9.17) is 6.42 Å². The molecule has 4 heteroatoms. The summed E-state index contributed by atoms with van der Waals surface area (Å²) in [5, 5.41) is 11.8. The van der Waals surface area contributed by atoms with Gasteiger partial charge in [0.1, 0.15) is 23.0 Å². The second-order valence-corrected chi connectivity index (χ2v) is 12.1. The van der Waals surface area contributed by atoms with E-state index in [0.717, 1.165) is 44.6 Å². The number of hydrogen-bond donors (Lipinski definition) is 1. The lowest BCUT2D eigenvalue weighted by atomic mass is 9.42. The Labute approximate surface area is 196 Å². The Kier molecular flexibility index (Phi) is 5.33. The van der Waals surface area contributed by atoms with Crippen LogP contribution in [0.1, 0.15) is 77.7 Å². The molecule has 4 saturated carbocycles. The zero-order valence-corrected chi connectivity index (χ0v) is 20.0. The van der Waals surface area contributed by atoms with E-state index in [-0.39, 0.29) is 28.2 Å². The molecular weight excluding hydrogens is 418 g/mol. The van der Waals surface area contributed by atoms with Gasteiger partial charge in [-0.25, -0.2) is 8.78 Å². The molecule has 0 radical (unpaired) electrons. The molecule has 0 spiro atoms. The molecule has 1 aromatic carbocycles. The Morgan fingerprint density at radius 2 is 1.79 bits per heavy atom. The average Bonchev–Trinajstić information content (AvgIpc) is 3.11. The average molecular weight is 455 g/mol. The third-order valence-electron chi connectivity index (χ3n) is 10.9. The Balaban J connectivity index is 1.47. The maximum Gasteiger partial charge on any atom is 0.133 e. The van der Waals surface area contributed by atoms with Gasteiger partial charge in [-0.3, -0.25) is 4.79 Å². The van der Waals surface area contributed by atoms with Crippen molar-refractivity contribution >= 4 is 5.78 Å². The minimum atomic E-state index is -1.47. The van der Waals surface area contributed by atoms with Crippen LogP contribution in [0.4, 0.5) is 8.78 Å². The summed E-state index contributed by atoms with van der Waals surface area (Å²) in [4.78, 5) is 12.4. The number of benzene rings is 1. The fraction of sp³-hybridized carbons (Fsp3) is 0.690. The highest BCUT2D eigenvalue weighted by Crippen LogP contribution is 2.69. The van der Waals surface area contributed by atoms with Crippen molar-refractivity contribution < 1.29 is 18.7 Å². The molecule has 4 aliphatic carbocycles. The first-order valence-corrected chi connectivity index (χ1v) is 12.7. The molecule has 0 saturated heterocycles. The number of hydrogen-bond acceptors (Lipinski definition) is 2. The predicted molar refractivity (Wildman–Crippen MR) is 124 cm³/mol. The number of Topliss-reactive ketones (excluding diaryl/α,β-unsaturated/α-hetero) is 1. The molecular formula is C29H36F2O2. The summed E-state index contributed by atoms with van der Waals surface area (Å²) in [5.41, 5.74) is -1.25. The lowest BCUT2D eigenvalue weighted by Gasteiger charge is -2.63. The second kappa shape index (κ2) is 7.64. The van der Waals surface area contributed by atoms with Gasteiger partial charge in [-0.05, 0) is 98.9 Å². The van der Waals surface area contributed by atoms with Crippen molar-refractivity contribution in [3.05, 3.63) is 35.4 Å². The first kappa shape index (κ1) is 23.0. The summed E-state index contributed by atoms with van der Waals surface area (Å²) in [7, 11) is 0. The lowest BCUT2D eigenvalue weighted by Crippen LogP contribution is -2.58. The van der Waals surface area contributed by atoms with E-state index in [1.807, 2.05) is 0 Å². The molecule has 5 rings (SSSR count). The van der Waals surface area contributed by atoms with E-state index in [0.29, 0.717) is 36.4 Å². The van der Waals surface area contributed by atoms with E-state index in [1.165, 1.54) is 12.1 Å². The number of fused-ring (bicyclic) bond motifs is 5. The zero-order valence-electron chi connectivity index (χ0n) is 20.0. The van der Waals surface area contributed by atoms with Crippen LogP contribution in [-0.4, -0.2) is 10.9 Å². The third kappa shape index (κ3) is 3.18. The van der Waals surface area contributed by atoms with Crippen LogP contribution in [0, 0.1) is 70.3 Å². The largest absolute Gasteiger partial charge is 0.384 e. The van der Waals surface area contributed by atoms with Gasteiger partial charge in [-0.15, -0.1) is 6.42 Å². The number of carbonyl (C=O) groups excluding carboxylic acids is 1. The van der Waals surface area contributed by atoms with Gasteiger partial charge in [-0.2, -0.15) is 0 Å². The first-order valence-electron chi connectivity index (χ1n) is 12.7. The summed E-state index contributed by atoms with van der Waals surface area (Å²) < 4.78 is 28.3. The van der Waals surface area contributed by atoms with Gasteiger partial charge in [-0.1, -0.05) is 25.8 Å². The fourth-order valence-electron chi connectivity index (χ4n) is 9.32. The van der Waals surface area contributed by atoms with Crippen LogP contribution in [-0.2, 0) is 10.4 Å². The van der Waals surface area contributed by atoms with Crippen molar-refractivity contribution in [3.63, 3.8) is 0 Å². The first-order chi connectivity index (χ1) is 15.5. The number of ketones is 1. The third-order valence-corrected chi connectivity index (χ3v) is 10.9. The summed E-state index contributed by atoms with van der Waals surface area (Å²) in [6.45, 7) is 6.46. The number of aliphatic hydroxyl groups is 1. The minimum Gasteiger partial charge on any atom is -0.384 e. The Bertz CT molecular complexity index is 1010. The van der Waals surface area contributed by atoms with Gasteiger partial charge in [0.05, 0.1) is 5.92 Å². The quantitative estimate of drug-likeness (QED) is 0.536. The Morgan fingerprint density at radius 3 is 2.45 bits per heavy atom. The van der Waals surface area contributed by atoms with Crippen LogP contribution in [0.25, 0.3) is 0 Å². The van der Waals surface area contributed by atoms with Gasteiger partial charge in [0, 0.05) is 17.5 Å². The summed E-state index contributed by atoms with van der Waals surface area (Å²) in [5.74, 6) is 3.37. The van der Waals surface area contributed by atoms with Crippen LogP contribution in [0.2, 0.25) is 0 Å². The van der Waals surface area contributed by atoms with Crippen molar-refractivity contribution in [1.29, 1.82) is 0 Å².